The molecule has 1 fully saturated rings. The van der Waals surface area contributed by atoms with E-state index in [0.717, 1.165) is 0 Å². The molecule has 1 aromatic carbocycles. The van der Waals surface area contributed by atoms with Crippen LogP contribution in [-0.4, -0.2) is 62.3 Å². The third kappa shape index (κ3) is 4.69. The standard InChI is InChI=1S/C18H25FN2O4/c1-3-25-15-8-5-4-7-14(15)16(22)21-11-6-9-18(19,13-21)17(23)20-10-12-24-2/h4-5,7-8H,3,6,9-13H2,1-2H3,(H,20,23). The van der Waals surface area contributed by atoms with Crippen LogP contribution in [0.1, 0.15) is 30.1 Å². The molecule has 1 N–H and O–H groups in total. The number of carbonyl (C=O) groups excluding carboxylic acids is 2. The van der Waals surface area contributed by atoms with Crippen molar-refractivity contribution in [1.29, 1.82) is 0 Å². The van der Waals surface area contributed by atoms with E-state index in [1.54, 1.807) is 24.3 Å². The Morgan fingerprint density at radius 2 is 2.12 bits per heavy atom. The Hall–Kier alpha value is -2.15. The van der Waals surface area contributed by atoms with Crippen LogP contribution in [0.4, 0.5) is 4.39 Å². The summed E-state index contributed by atoms with van der Waals surface area (Å²) in [6.07, 6.45) is 0.527. The number of benzene rings is 1. The Labute approximate surface area is 147 Å². The summed E-state index contributed by atoms with van der Waals surface area (Å²) in [6, 6.07) is 6.88. The van der Waals surface area contributed by atoms with Crippen LogP contribution in [0.5, 0.6) is 5.75 Å². The fourth-order valence-corrected chi connectivity index (χ4v) is 2.89. The zero-order valence-corrected chi connectivity index (χ0v) is 14.7. The Balaban J connectivity index is 2.10. The summed E-state index contributed by atoms with van der Waals surface area (Å²) in [7, 11) is 1.51. The van der Waals surface area contributed by atoms with Gasteiger partial charge >= 0.3 is 0 Å². The number of likely N-dealkylation sites (tertiary alicyclic amines) is 1. The van der Waals surface area contributed by atoms with Gasteiger partial charge in [0, 0.05) is 20.2 Å². The van der Waals surface area contributed by atoms with E-state index in [2.05, 4.69) is 5.32 Å². The van der Waals surface area contributed by atoms with Gasteiger partial charge in [-0.05, 0) is 31.9 Å². The number of methoxy groups -OCH3 is 1. The largest absolute Gasteiger partial charge is 0.493 e. The molecule has 0 spiro atoms. The molecule has 1 unspecified atom stereocenters. The van der Waals surface area contributed by atoms with E-state index >= 15 is 4.39 Å². The minimum absolute atomic E-state index is 0.0999. The second-order valence-corrected chi connectivity index (χ2v) is 5.97. The summed E-state index contributed by atoms with van der Waals surface area (Å²) in [5.41, 5.74) is -1.70. The van der Waals surface area contributed by atoms with E-state index in [1.807, 2.05) is 6.92 Å². The van der Waals surface area contributed by atoms with Crippen LogP contribution in [-0.2, 0) is 9.53 Å². The second-order valence-electron chi connectivity index (χ2n) is 5.97. The Kier molecular flexibility index (Phi) is 6.75. The van der Waals surface area contributed by atoms with E-state index < -0.39 is 11.6 Å². The number of hydrogen-bond acceptors (Lipinski definition) is 4. The van der Waals surface area contributed by atoms with Crippen LogP contribution in [0.25, 0.3) is 0 Å². The number of amides is 2. The van der Waals surface area contributed by atoms with Gasteiger partial charge in [0.25, 0.3) is 11.8 Å². The van der Waals surface area contributed by atoms with E-state index in [1.165, 1.54) is 12.0 Å². The van der Waals surface area contributed by atoms with Gasteiger partial charge in [0.15, 0.2) is 0 Å². The second kappa shape index (κ2) is 8.80. The lowest BCUT2D eigenvalue weighted by molar-refractivity contribution is -0.136. The Bertz CT molecular complexity index is 610. The minimum atomic E-state index is -2.08. The van der Waals surface area contributed by atoms with Gasteiger partial charge in [-0.25, -0.2) is 4.39 Å². The molecule has 138 valence electrons. The van der Waals surface area contributed by atoms with Crippen molar-refractivity contribution in [2.45, 2.75) is 25.4 Å². The van der Waals surface area contributed by atoms with Crippen LogP contribution >= 0.6 is 0 Å². The molecule has 25 heavy (non-hydrogen) atoms. The van der Waals surface area contributed by atoms with E-state index in [0.29, 0.717) is 37.5 Å². The maximum atomic E-state index is 15.1. The molecule has 6 nitrogen and oxygen atoms in total. The van der Waals surface area contributed by atoms with Gasteiger partial charge in [0.2, 0.25) is 5.67 Å². The summed E-state index contributed by atoms with van der Waals surface area (Å²) in [4.78, 5) is 26.3. The summed E-state index contributed by atoms with van der Waals surface area (Å²) in [5.74, 6) is -0.551. The maximum Gasteiger partial charge on any atom is 0.259 e. The molecule has 1 aromatic rings. The predicted octanol–water partition coefficient (Wildman–Crippen LogP) is 1.79. The number of para-hydroxylation sites is 1. The minimum Gasteiger partial charge on any atom is -0.493 e. The zero-order valence-electron chi connectivity index (χ0n) is 14.7. The molecule has 0 bridgehead atoms. The highest BCUT2D eigenvalue weighted by molar-refractivity contribution is 5.97. The Morgan fingerprint density at radius 3 is 2.84 bits per heavy atom. The van der Waals surface area contributed by atoms with Crippen molar-refractivity contribution in [2.24, 2.45) is 0 Å². The van der Waals surface area contributed by atoms with Gasteiger partial charge in [-0.3, -0.25) is 9.59 Å². The SMILES string of the molecule is CCOc1ccccc1C(=O)N1CCCC(F)(C(=O)NCCOC)C1. The smallest absolute Gasteiger partial charge is 0.259 e. The maximum absolute atomic E-state index is 15.1. The summed E-state index contributed by atoms with van der Waals surface area (Å²) >= 11 is 0. The van der Waals surface area contributed by atoms with Gasteiger partial charge in [-0.15, -0.1) is 0 Å². The number of hydrogen-bond donors (Lipinski definition) is 1. The van der Waals surface area contributed by atoms with Crippen molar-refractivity contribution >= 4 is 11.8 Å². The normalized spacial score (nSPS) is 20.2. The lowest BCUT2D eigenvalue weighted by Gasteiger charge is -2.36. The molecule has 2 rings (SSSR count). The highest BCUT2D eigenvalue weighted by atomic mass is 19.1. The predicted molar refractivity (Wildman–Crippen MR) is 91.5 cm³/mol. The molecular weight excluding hydrogens is 327 g/mol. The zero-order chi connectivity index (χ0) is 18.3. The molecular formula is C18H25FN2O4. The van der Waals surface area contributed by atoms with E-state index in [4.69, 9.17) is 9.47 Å². The third-order valence-corrected chi connectivity index (χ3v) is 4.15. The van der Waals surface area contributed by atoms with Gasteiger partial charge < -0.3 is 19.7 Å². The number of halogens is 1. The first-order valence-electron chi connectivity index (χ1n) is 8.49. The molecule has 1 aliphatic rings. The molecule has 0 saturated carbocycles. The molecule has 0 aromatic heterocycles. The van der Waals surface area contributed by atoms with Crippen LogP contribution in [0.3, 0.4) is 0 Å². The first-order valence-corrected chi connectivity index (χ1v) is 8.49. The molecule has 1 heterocycles. The molecule has 1 atom stereocenters. The molecule has 2 amide bonds. The average Bonchev–Trinajstić information content (AvgIpc) is 2.62. The van der Waals surface area contributed by atoms with Crippen molar-refractivity contribution in [3.8, 4) is 5.75 Å². The van der Waals surface area contributed by atoms with Crippen LogP contribution in [0.2, 0.25) is 0 Å². The first-order chi connectivity index (χ1) is 12.0. The highest BCUT2D eigenvalue weighted by Crippen LogP contribution is 2.28. The Morgan fingerprint density at radius 1 is 1.36 bits per heavy atom. The van der Waals surface area contributed by atoms with Gasteiger partial charge in [0.05, 0.1) is 25.3 Å². The van der Waals surface area contributed by atoms with Crippen molar-refractivity contribution < 1.29 is 23.5 Å². The van der Waals surface area contributed by atoms with E-state index in [9.17, 15) is 9.59 Å². The number of nitrogens with one attached hydrogen (secondary N) is 1. The van der Waals surface area contributed by atoms with Gasteiger partial charge in [-0.1, -0.05) is 12.1 Å². The number of alkyl halides is 1. The monoisotopic (exact) mass is 352 g/mol. The topological polar surface area (TPSA) is 67.9 Å². The fourth-order valence-electron chi connectivity index (χ4n) is 2.89. The summed E-state index contributed by atoms with van der Waals surface area (Å²) < 4.78 is 25.4. The molecule has 7 heteroatoms. The molecule has 1 saturated heterocycles. The number of ether oxygens (including phenoxy) is 2. The molecule has 0 radical (unpaired) electrons. The van der Waals surface area contributed by atoms with Crippen LogP contribution < -0.4 is 10.1 Å². The number of rotatable bonds is 7. The van der Waals surface area contributed by atoms with Crippen molar-refractivity contribution in [3.05, 3.63) is 29.8 Å². The van der Waals surface area contributed by atoms with Crippen LogP contribution in [0, 0.1) is 0 Å². The number of carbonyl (C=O) groups is 2. The van der Waals surface area contributed by atoms with Gasteiger partial charge in [-0.2, -0.15) is 0 Å². The average molecular weight is 352 g/mol. The summed E-state index contributed by atoms with van der Waals surface area (Å²) in [6.45, 7) is 2.97. The van der Waals surface area contributed by atoms with Crippen molar-refractivity contribution in [2.75, 3.05) is 40.0 Å². The third-order valence-electron chi connectivity index (χ3n) is 4.15. The highest BCUT2D eigenvalue weighted by Gasteiger charge is 2.44. The molecule has 1 aliphatic heterocycles. The first kappa shape index (κ1) is 19.2. The lowest BCUT2D eigenvalue weighted by Crippen LogP contribution is -2.56. The summed E-state index contributed by atoms with van der Waals surface area (Å²) in [5, 5.41) is 2.52. The fraction of sp³-hybridized carbons (Fsp3) is 0.556. The molecule has 0 aliphatic carbocycles. The van der Waals surface area contributed by atoms with Crippen molar-refractivity contribution in [1.82, 2.24) is 10.2 Å². The number of nitrogens with zero attached hydrogens (tertiary/aromatic N) is 1. The van der Waals surface area contributed by atoms with Crippen molar-refractivity contribution in [3.63, 3.8) is 0 Å². The van der Waals surface area contributed by atoms with E-state index in [-0.39, 0.29) is 25.4 Å². The quantitative estimate of drug-likeness (QED) is 0.760. The lowest BCUT2D eigenvalue weighted by atomic mass is 9.93. The van der Waals surface area contributed by atoms with Crippen LogP contribution in [0.15, 0.2) is 24.3 Å². The van der Waals surface area contributed by atoms with Gasteiger partial charge in [0.1, 0.15) is 5.75 Å². The number of piperidine rings is 1.